The maximum absolute atomic E-state index is 7.01. The number of hydrogen-bond acceptors (Lipinski definition) is 2. The molecule has 2 aliphatic carbocycles. The SMILES string of the molecule is CCc1nc(-c2cccc(-c3cccc4c3CCC4)c2Cl)ccc1CNC1CCCC1. The summed E-state index contributed by atoms with van der Waals surface area (Å²) in [5, 5.41) is 4.55. The molecule has 2 aliphatic rings. The highest BCUT2D eigenvalue weighted by Crippen LogP contribution is 2.40. The van der Waals surface area contributed by atoms with Gasteiger partial charge in [-0.25, -0.2) is 0 Å². The first-order valence-corrected chi connectivity index (χ1v) is 12.2. The number of benzene rings is 2. The summed E-state index contributed by atoms with van der Waals surface area (Å²) in [5.41, 5.74) is 9.85. The molecule has 5 rings (SSSR count). The van der Waals surface area contributed by atoms with Gasteiger partial charge in [0.1, 0.15) is 0 Å². The van der Waals surface area contributed by atoms with Gasteiger partial charge in [0.25, 0.3) is 0 Å². The number of rotatable bonds is 6. The Morgan fingerprint density at radius 1 is 0.903 bits per heavy atom. The van der Waals surface area contributed by atoms with E-state index < -0.39 is 0 Å². The quantitative estimate of drug-likeness (QED) is 0.449. The molecule has 2 nitrogen and oxygen atoms in total. The number of hydrogen-bond donors (Lipinski definition) is 1. The zero-order chi connectivity index (χ0) is 21.2. The van der Waals surface area contributed by atoms with Crippen molar-refractivity contribution in [2.45, 2.75) is 70.9 Å². The third-order valence-electron chi connectivity index (χ3n) is 7.05. The average Bonchev–Trinajstić information content (AvgIpc) is 3.50. The van der Waals surface area contributed by atoms with E-state index in [0.717, 1.165) is 41.2 Å². The van der Waals surface area contributed by atoms with Gasteiger partial charge in [-0.3, -0.25) is 4.98 Å². The van der Waals surface area contributed by atoms with E-state index in [4.69, 9.17) is 16.6 Å². The summed E-state index contributed by atoms with van der Waals surface area (Å²) in [5.74, 6) is 0. The first kappa shape index (κ1) is 20.7. The van der Waals surface area contributed by atoms with Crippen LogP contribution >= 0.6 is 11.6 Å². The Morgan fingerprint density at radius 2 is 1.68 bits per heavy atom. The number of pyridine rings is 1. The predicted octanol–water partition coefficient (Wildman–Crippen LogP) is 7.15. The molecule has 3 heteroatoms. The fraction of sp³-hybridized carbons (Fsp3) is 0.393. The van der Waals surface area contributed by atoms with Crippen molar-refractivity contribution in [3.05, 3.63) is 75.9 Å². The van der Waals surface area contributed by atoms with Gasteiger partial charge in [0, 0.05) is 29.4 Å². The number of fused-ring (bicyclic) bond motifs is 1. The van der Waals surface area contributed by atoms with Gasteiger partial charge in [0.05, 0.1) is 10.7 Å². The Kier molecular flexibility index (Phi) is 6.11. The lowest BCUT2D eigenvalue weighted by Crippen LogP contribution is -2.26. The van der Waals surface area contributed by atoms with Gasteiger partial charge in [-0.2, -0.15) is 0 Å². The molecule has 1 aromatic heterocycles. The molecule has 1 fully saturated rings. The molecule has 1 heterocycles. The van der Waals surface area contributed by atoms with Crippen LogP contribution in [-0.2, 0) is 25.8 Å². The van der Waals surface area contributed by atoms with Gasteiger partial charge in [-0.05, 0) is 66.8 Å². The van der Waals surface area contributed by atoms with Crippen LogP contribution < -0.4 is 5.32 Å². The van der Waals surface area contributed by atoms with Crippen molar-refractivity contribution < 1.29 is 0 Å². The van der Waals surface area contributed by atoms with Gasteiger partial charge in [-0.1, -0.05) is 73.8 Å². The van der Waals surface area contributed by atoms with E-state index in [2.05, 4.69) is 60.8 Å². The van der Waals surface area contributed by atoms with Crippen LogP contribution in [0.25, 0.3) is 22.4 Å². The third-order valence-corrected chi connectivity index (χ3v) is 7.46. The fourth-order valence-electron chi connectivity index (χ4n) is 5.34. The Morgan fingerprint density at radius 3 is 2.52 bits per heavy atom. The first-order chi connectivity index (χ1) is 15.2. The second-order valence-electron chi connectivity index (χ2n) is 8.98. The van der Waals surface area contributed by atoms with Crippen LogP contribution in [0.5, 0.6) is 0 Å². The van der Waals surface area contributed by atoms with Crippen molar-refractivity contribution in [2.24, 2.45) is 0 Å². The molecule has 2 aromatic carbocycles. The van der Waals surface area contributed by atoms with Crippen molar-refractivity contribution in [2.75, 3.05) is 0 Å². The van der Waals surface area contributed by atoms with Crippen molar-refractivity contribution in [1.29, 1.82) is 0 Å². The standard InChI is InChI=1S/C28H31ClN2/c1-2-26-20(18-30-21-10-3-4-11-21)16-17-27(31-26)25-15-7-14-24(28(25)29)23-13-6-9-19-8-5-12-22(19)23/h6-7,9,13-17,21,30H,2-5,8,10-12,18H2,1H3. The number of aromatic nitrogens is 1. The molecule has 3 aromatic rings. The van der Waals surface area contributed by atoms with Crippen LogP contribution in [0.1, 0.15) is 61.4 Å². The van der Waals surface area contributed by atoms with Gasteiger partial charge in [-0.15, -0.1) is 0 Å². The highest BCUT2D eigenvalue weighted by atomic mass is 35.5. The summed E-state index contributed by atoms with van der Waals surface area (Å²) < 4.78 is 0. The monoisotopic (exact) mass is 430 g/mol. The minimum Gasteiger partial charge on any atom is -0.310 e. The third kappa shape index (κ3) is 4.16. The molecular weight excluding hydrogens is 400 g/mol. The van der Waals surface area contributed by atoms with Crippen LogP contribution in [0.4, 0.5) is 0 Å². The van der Waals surface area contributed by atoms with Crippen LogP contribution in [-0.4, -0.2) is 11.0 Å². The van der Waals surface area contributed by atoms with E-state index in [1.807, 2.05) is 0 Å². The Bertz CT molecular complexity index is 1080. The van der Waals surface area contributed by atoms with Gasteiger partial charge in [0.2, 0.25) is 0 Å². The predicted molar refractivity (Wildman–Crippen MR) is 131 cm³/mol. The Hall–Kier alpha value is -2.16. The molecular formula is C28H31ClN2. The Labute approximate surface area is 191 Å². The van der Waals surface area contributed by atoms with E-state index in [1.54, 1.807) is 0 Å². The van der Waals surface area contributed by atoms with Crippen LogP contribution in [0.15, 0.2) is 48.5 Å². The van der Waals surface area contributed by atoms with E-state index >= 15 is 0 Å². The number of nitrogens with one attached hydrogen (secondary N) is 1. The minimum atomic E-state index is 0.670. The molecule has 1 N–H and O–H groups in total. The minimum absolute atomic E-state index is 0.670. The summed E-state index contributed by atoms with van der Waals surface area (Å²) in [7, 11) is 0. The maximum atomic E-state index is 7.01. The van der Waals surface area contributed by atoms with Crippen molar-refractivity contribution in [3.63, 3.8) is 0 Å². The van der Waals surface area contributed by atoms with Crippen molar-refractivity contribution in [3.8, 4) is 22.4 Å². The summed E-state index contributed by atoms with van der Waals surface area (Å²) in [6, 6.07) is 18.1. The van der Waals surface area contributed by atoms with Gasteiger partial charge < -0.3 is 5.32 Å². The summed E-state index contributed by atoms with van der Waals surface area (Å²) in [4.78, 5) is 5.05. The summed E-state index contributed by atoms with van der Waals surface area (Å²) in [6.45, 7) is 3.10. The maximum Gasteiger partial charge on any atom is 0.0720 e. The highest BCUT2D eigenvalue weighted by molar-refractivity contribution is 6.36. The average molecular weight is 431 g/mol. The van der Waals surface area contributed by atoms with Gasteiger partial charge in [0.15, 0.2) is 0 Å². The largest absolute Gasteiger partial charge is 0.310 e. The van der Waals surface area contributed by atoms with Crippen LogP contribution in [0, 0.1) is 0 Å². The van der Waals surface area contributed by atoms with Gasteiger partial charge >= 0.3 is 0 Å². The molecule has 160 valence electrons. The van der Waals surface area contributed by atoms with Crippen LogP contribution in [0.3, 0.4) is 0 Å². The lowest BCUT2D eigenvalue weighted by Gasteiger charge is -2.16. The van der Waals surface area contributed by atoms with E-state index in [1.165, 1.54) is 66.5 Å². The molecule has 0 aliphatic heterocycles. The van der Waals surface area contributed by atoms with E-state index in [0.29, 0.717) is 6.04 Å². The van der Waals surface area contributed by atoms with Crippen molar-refractivity contribution in [1.82, 2.24) is 10.3 Å². The number of nitrogens with zero attached hydrogens (tertiary/aromatic N) is 1. The van der Waals surface area contributed by atoms with E-state index in [9.17, 15) is 0 Å². The smallest absolute Gasteiger partial charge is 0.0720 e. The lowest BCUT2D eigenvalue weighted by atomic mass is 9.94. The molecule has 0 bridgehead atoms. The summed E-state index contributed by atoms with van der Waals surface area (Å²) in [6.07, 6.45) is 9.81. The Balaban J connectivity index is 1.46. The second kappa shape index (κ2) is 9.14. The molecule has 0 radical (unpaired) electrons. The molecule has 0 unspecified atom stereocenters. The normalized spacial score (nSPS) is 16.1. The van der Waals surface area contributed by atoms with Crippen molar-refractivity contribution >= 4 is 11.6 Å². The molecule has 0 atom stereocenters. The number of aryl methyl sites for hydroxylation is 2. The second-order valence-corrected chi connectivity index (χ2v) is 9.36. The summed E-state index contributed by atoms with van der Waals surface area (Å²) >= 11 is 7.01. The molecule has 0 amide bonds. The fourth-order valence-corrected chi connectivity index (χ4v) is 5.67. The molecule has 31 heavy (non-hydrogen) atoms. The highest BCUT2D eigenvalue weighted by Gasteiger charge is 2.19. The molecule has 0 saturated heterocycles. The topological polar surface area (TPSA) is 24.9 Å². The van der Waals surface area contributed by atoms with Crippen LogP contribution in [0.2, 0.25) is 5.02 Å². The zero-order valence-electron chi connectivity index (χ0n) is 18.4. The first-order valence-electron chi connectivity index (χ1n) is 11.9. The number of halogens is 1. The molecule has 1 saturated carbocycles. The molecule has 0 spiro atoms. The van der Waals surface area contributed by atoms with E-state index in [-0.39, 0.29) is 0 Å². The lowest BCUT2D eigenvalue weighted by molar-refractivity contribution is 0.522. The zero-order valence-corrected chi connectivity index (χ0v) is 19.1.